The molecule has 0 N–H and O–H groups in total. The fourth-order valence-corrected chi connectivity index (χ4v) is 5.06. The summed E-state index contributed by atoms with van der Waals surface area (Å²) >= 11 is 0. The summed E-state index contributed by atoms with van der Waals surface area (Å²) in [4.78, 5) is 0. The van der Waals surface area contributed by atoms with Crippen LogP contribution in [0.5, 0.6) is 0 Å². The first-order valence-electron chi connectivity index (χ1n) is 9.41. The third kappa shape index (κ3) is 4.94. The van der Waals surface area contributed by atoms with E-state index in [9.17, 15) is 8.42 Å². The van der Waals surface area contributed by atoms with Gasteiger partial charge in [0.05, 0.1) is 18.4 Å². The smallest absolute Gasteiger partial charge is 0.268 e. The summed E-state index contributed by atoms with van der Waals surface area (Å²) in [7, 11) is -1.90. The van der Waals surface area contributed by atoms with Crippen LogP contribution in [0.25, 0.3) is 0 Å². The number of aromatic nitrogens is 4. The normalized spacial score (nSPS) is 17.7. The standard InChI is InChI=1S/C20H26N4O3S/c1-16(12-13-17-8-6-7-9-18(17)14-27-2)15-28(25,26)20-21-22-23-24(20)19-10-4-3-5-11-19/h3-10,16,19H,11-15H2,1-2H3. The van der Waals surface area contributed by atoms with E-state index in [4.69, 9.17) is 4.74 Å². The molecule has 0 spiro atoms. The highest BCUT2D eigenvalue weighted by molar-refractivity contribution is 7.91. The Balaban J connectivity index is 1.66. The Morgan fingerprint density at radius 1 is 1.25 bits per heavy atom. The van der Waals surface area contributed by atoms with Crippen LogP contribution >= 0.6 is 0 Å². The second-order valence-electron chi connectivity index (χ2n) is 7.15. The fourth-order valence-electron chi connectivity index (χ4n) is 3.38. The Hall–Kier alpha value is -2.32. The van der Waals surface area contributed by atoms with Gasteiger partial charge in [0.15, 0.2) is 0 Å². The van der Waals surface area contributed by atoms with Crippen molar-refractivity contribution in [2.45, 2.75) is 44.0 Å². The second kappa shape index (κ2) is 9.25. The molecule has 1 aliphatic carbocycles. The number of hydrogen-bond acceptors (Lipinski definition) is 6. The number of aryl methyl sites for hydroxylation is 1. The van der Waals surface area contributed by atoms with Crippen LogP contribution in [0.15, 0.2) is 53.7 Å². The highest BCUT2D eigenvalue weighted by atomic mass is 32.2. The first kappa shape index (κ1) is 20.4. The van der Waals surface area contributed by atoms with Crippen LogP contribution in [0.2, 0.25) is 0 Å². The van der Waals surface area contributed by atoms with Crippen LogP contribution in [-0.2, 0) is 27.6 Å². The number of methoxy groups -OCH3 is 1. The Morgan fingerprint density at radius 3 is 2.75 bits per heavy atom. The second-order valence-corrected chi connectivity index (χ2v) is 9.08. The summed E-state index contributed by atoms with van der Waals surface area (Å²) in [5, 5.41) is 11.3. The summed E-state index contributed by atoms with van der Waals surface area (Å²) in [6.45, 7) is 2.51. The summed E-state index contributed by atoms with van der Waals surface area (Å²) in [5.74, 6) is -0.000860. The molecule has 0 saturated heterocycles. The van der Waals surface area contributed by atoms with E-state index in [1.807, 2.05) is 49.4 Å². The van der Waals surface area contributed by atoms with Crippen molar-refractivity contribution in [3.63, 3.8) is 0 Å². The van der Waals surface area contributed by atoms with E-state index in [0.29, 0.717) is 13.0 Å². The van der Waals surface area contributed by atoms with E-state index in [0.717, 1.165) is 18.4 Å². The van der Waals surface area contributed by atoms with E-state index in [1.165, 1.54) is 10.2 Å². The van der Waals surface area contributed by atoms with E-state index in [1.54, 1.807) is 7.11 Å². The van der Waals surface area contributed by atoms with Crippen molar-refractivity contribution in [2.24, 2.45) is 5.92 Å². The van der Waals surface area contributed by atoms with Crippen molar-refractivity contribution in [3.05, 3.63) is 59.7 Å². The molecule has 28 heavy (non-hydrogen) atoms. The van der Waals surface area contributed by atoms with Crippen molar-refractivity contribution in [1.82, 2.24) is 20.2 Å². The van der Waals surface area contributed by atoms with Crippen molar-refractivity contribution in [1.29, 1.82) is 0 Å². The van der Waals surface area contributed by atoms with Gasteiger partial charge in [0.2, 0.25) is 9.84 Å². The van der Waals surface area contributed by atoms with Gasteiger partial charge in [-0.2, -0.15) is 0 Å². The molecule has 150 valence electrons. The van der Waals surface area contributed by atoms with Gasteiger partial charge >= 0.3 is 0 Å². The van der Waals surface area contributed by atoms with E-state index in [2.05, 4.69) is 21.6 Å². The lowest BCUT2D eigenvalue weighted by molar-refractivity contribution is 0.184. The lowest BCUT2D eigenvalue weighted by Gasteiger charge is -2.16. The van der Waals surface area contributed by atoms with Gasteiger partial charge in [-0.15, -0.1) is 0 Å². The van der Waals surface area contributed by atoms with E-state index < -0.39 is 9.84 Å². The monoisotopic (exact) mass is 402 g/mol. The summed E-state index contributed by atoms with van der Waals surface area (Å²) in [6.07, 6.45) is 9.93. The fraction of sp³-hybridized carbons (Fsp3) is 0.450. The molecule has 2 unspecified atom stereocenters. The number of sulfone groups is 1. The topological polar surface area (TPSA) is 87.0 Å². The Morgan fingerprint density at radius 2 is 2.04 bits per heavy atom. The third-order valence-corrected chi connectivity index (χ3v) is 6.67. The molecule has 0 bridgehead atoms. The zero-order valence-corrected chi connectivity index (χ0v) is 17.0. The number of ether oxygens (including phenoxy) is 1. The maximum Gasteiger partial charge on any atom is 0.268 e. The molecule has 0 saturated carbocycles. The number of hydrogen-bond donors (Lipinski definition) is 0. The first-order valence-corrected chi connectivity index (χ1v) is 11.1. The largest absolute Gasteiger partial charge is 0.380 e. The molecule has 1 aromatic heterocycles. The Bertz CT molecular complexity index is 950. The van der Waals surface area contributed by atoms with Crippen molar-refractivity contribution >= 4 is 9.84 Å². The van der Waals surface area contributed by atoms with E-state index in [-0.39, 0.29) is 22.9 Å². The van der Waals surface area contributed by atoms with Crippen LogP contribution in [0.3, 0.4) is 0 Å². The summed E-state index contributed by atoms with van der Waals surface area (Å²) < 4.78 is 32.5. The average Bonchev–Trinajstić information content (AvgIpc) is 3.19. The van der Waals surface area contributed by atoms with Gasteiger partial charge in [-0.3, -0.25) is 0 Å². The van der Waals surface area contributed by atoms with Crippen LogP contribution < -0.4 is 0 Å². The SMILES string of the molecule is COCc1ccccc1CCC(C)CS(=O)(=O)c1nnnn1C1C=CC=CC1. The molecule has 8 heteroatoms. The van der Waals surface area contributed by atoms with E-state index >= 15 is 0 Å². The van der Waals surface area contributed by atoms with Gasteiger partial charge in [-0.1, -0.05) is 60.6 Å². The van der Waals surface area contributed by atoms with Gasteiger partial charge < -0.3 is 4.74 Å². The van der Waals surface area contributed by atoms with Crippen LogP contribution in [-0.4, -0.2) is 41.5 Å². The minimum Gasteiger partial charge on any atom is -0.380 e. The first-order chi connectivity index (χ1) is 13.5. The number of benzene rings is 1. The number of nitrogens with zero attached hydrogens (tertiary/aromatic N) is 4. The van der Waals surface area contributed by atoms with Gasteiger partial charge in [0, 0.05) is 7.11 Å². The summed E-state index contributed by atoms with van der Waals surface area (Å²) in [6, 6.07) is 7.93. The van der Waals surface area contributed by atoms with Crippen LogP contribution in [0, 0.1) is 5.92 Å². The van der Waals surface area contributed by atoms with Gasteiger partial charge in [0.25, 0.3) is 5.16 Å². The quantitative estimate of drug-likeness (QED) is 0.641. The summed E-state index contributed by atoms with van der Waals surface area (Å²) in [5.41, 5.74) is 2.33. The highest BCUT2D eigenvalue weighted by Gasteiger charge is 2.28. The molecule has 1 aliphatic rings. The highest BCUT2D eigenvalue weighted by Crippen LogP contribution is 2.23. The van der Waals surface area contributed by atoms with Crippen LogP contribution in [0.1, 0.15) is 36.9 Å². The molecule has 2 atom stereocenters. The maximum absolute atomic E-state index is 12.9. The molecule has 3 rings (SSSR count). The predicted molar refractivity (Wildman–Crippen MR) is 106 cm³/mol. The minimum absolute atomic E-state index is 0.0199. The molecule has 2 aromatic rings. The lowest BCUT2D eigenvalue weighted by Crippen LogP contribution is -2.22. The molecule has 0 aliphatic heterocycles. The van der Waals surface area contributed by atoms with Crippen molar-refractivity contribution in [3.8, 4) is 0 Å². The van der Waals surface area contributed by atoms with Crippen molar-refractivity contribution < 1.29 is 13.2 Å². The molecular weight excluding hydrogens is 376 g/mol. The van der Waals surface area contributed by atoms with Crippen LogP contribution in [0.4, 0.5) is 0 Å². The maximum atomic E-state index is 12.9. The molecule has 1 aromatic carbocycles. The zero-order valence-electron chi connectivity index (χ0n) is 16.2. The molecule has 0 radical (unpaired) electrons. The third-order valence-electron chi connectivity index (χ3n) is 4.84. The zero-order chi connectivity index (χ0) is 20.0. The lowest BCUT2D eigenvalue weighted by atomic mass is 9.99. The predicted octanol–water partition coefficient (Wildman–Crippen LogP) is 2.92. The molecule has 0 fully saturated rings. The Labute approximate surface area is 166 Å². The average molecular weight is 403 g/mol. The van der Waals surface area contributed by atoms with Gasteiger partial charge in [0.1, 0.15) is 0 Å². The molecule has 0 amide bonds. The number of rotatable bonds is 9. The number of allylic oxidation sites excluding steroid dienone is 4. The molecular formula is C20H26N4O3S. The van der Waals surface area contributed by atoms with Gasteiger partial charge in [-0.25, -0.2) is 13.1 Å². The minimum atomic E-state index is -3.58. The number of tetrazole rings is 1. The Kier molecular flexibility index (Phi) is 6.74. The molecule has 1 heterocycles. The molecule has 7 nitrogen and oxygen atoms in total. The van der Waals surface area contributed by atoms with Crippen molar-refractivity contribution in [2.75, 3.05) is 12.9 Å². The van der Waals surface area contributed by atoms with Gasteiger partial charge in [-0.05, 0) is 46.7 Å².